The Balaban J connectivity index is 1.32. The molecule has 37 heavy (non-hydrogen) atoms. The largest absolute Gasteiger partial charge is 0.465 e. The number of ether oxygens (including phenoxy) is 1. The number of amides is 2. The summed E-state index contributed by atoms with van der Waals surface area (Å²) in [7, 11) is 0. The van der Waals surface area contributed by atoms with Crippen LogP contribution in [0.15, 0.2) is 48.8 Å². The normalized spacial score (nSPS) is 19.2. The quantitative estimate of drug-likeness (QED) is 0.379. The van der Waals surface area contributed by atoms with E-state index < -0.39 is 24.2 Å². The molecule has 3 N–H and O–H groups in total. The van der Waals surface area contributed by atoms with Gasteiger partial charge in [0.2, 0.25) is 11.7 Å². The number of alkyl halides is 2. The molecule has 2 aliphatic carbocycles. The molecule has 2 heterocycles. The molecule has 2 aromatic heterocycles. The van der Waals surface area contributed by atoms with Crippen LogP contribution in [0.4, 0.5) is 18.4 Å². The van der Waals surface area contributed by atoms with E-state index in [1.54, 1.807) is 22.9 Å². The van der Waals surface area contributed by atoms with Crippen molar-refractivity contribution in [3.8, 4) is 0 Å². The standard InChI is InChI=1S/C26H29F2N5O4/c27-26(28)11-8-18(9-12-26)22(31-24(34)35)20-14-33-13-10-19(29-23(33)30-20)21(17-6-7-17)32-25(36)37-15-16-4-2-1-3-5-16/h1-5,10,13-14,17-18,21-22,31H,6-9,11-12,15H2,(H,32,36)(H,34,35)/t21?,22-/m0/s1. The minimum atomic E-state index is -2.72. The van der Waals surface area contributed by atoms with Crippen molar-refractivity contribution < 1.29 is 28.2 Å². The maximum atomic E-state index is 13.7. The lowest BCUT2D eigenvalue weighted by molar-refractivity contribution is -0.0495. The van der Waals surface area contributed by atoms with Crippen LogP contribution in [0.3, 0.4) is 0 Å². The number of carboxylic acid groups (broad SMARTS) is 1. The highest BCUT2D eigenvalue weighted by molar-refractivity contribution is 5.68. The van der Waals surface area contributed by atoms with Gasteiger partial charge in [-0.3, -0.25) is 4.40 Å². The number of nitrogens with one attached hydrogen (secondary N) is 2. The van der Waals surface area contributed by atoms with E-state index in [0.29, 0.717) is 17.2 Å². The lowest BCUT2D eigenvalue weighted by Gasteiger charge is -2.32. The van der Waals surface area contributed by atoms with Gasteiger partial charge in [0, 0.05) is 25.2 Å². The highest BCUT2D eigenvalue weighted by Crippen LogP contribution is 2.42. The van der Waals surface area contributed by atoms with Gasteiger partial charge in [0.25, 0.3) is 0 Å². The van der Waals surface area contributed by atoms with E-state index in [1.165, 1.54) is 0 Å². The Bertz CT molecular complexity index is 1250. The van der Waals surface area contributed by atoms with Crippen molar-refractivity contribution in [3.63, 3.8) is 0 Å². The molecule has 2 amide bonds. The summed E-state index contributed by atoms with van der Waals surface area (Å²) in [4.78, 5) is 33.2. The summed E-state index contributed by atoms with van der Waals surface area (Å²) in [6.07, 6.45) is 3.40. The third-order valence-electron chi connectivity index (χ3n) is 7.10. The molecule has 9 nitrogen and oxygen atoms in total. The van der Waals surface area contributed by atoms with E-state index in [9.17, 15) is 23.5 Å². The molecule has 0 radical (unpaired) electrons. The summed E-state index contributed by atoms with van der Waals surface area (Å²) in [6.45, 7) is 0.158. The van der Waals surface area contributed by atoms with E-state index in [1.807, 2.05) is 30.3 Å². The van der Waals surface area contributed by atoms with Crippen molar-refractivity contribution >= 4 is 18.0 Å². The van der Waals surface area contributed by atoms with Gasteiger partial charge in [-0.05, 0) is 49.1 Å². The molecule has 3 aromatic rings. The summed E-state index contributed by atoms with van der Waals surface area (Å²) in [5, 5.41) is 14.8. The fourth-order valence-corrected chi connectivity index (χ4v) is 4.94. The number of carbonyl (C=O) groups excluding carboxylic acids is 1. The van der Waals surface area contributed by atoms with Crippen molar-refractivity contribution in [2.45, 2.75) is 63.1 Å². The Morgan fingerprint density at radius 2 is 1.65 bits per heavy atom. The molecule has 1 unspecified atom stereocenters. The smallest absolute Gasteiger partial charge is 0.408 e. The molecule has 2 saturated carbocycles. The van der Waals surface area contributed by atoms with Crippen molar-refractivity contribution in [1.82, 2.24) is 25.0 Å². The van der Waals surface area contributed by atoms with Crippen LogP contribution in [0.1, 0.15) is 67.6 Å². The minimum absolute atomic E-state index is 0.158. The molecule has 0 aliphatic heterocycles. The first-order valence-corrected chi connectivity index (χ1v) is 12.5. The summed E-state index contributed by atoms with van der Waals surface area (Å²) < 4.78 is 34.4. The summed E-state index contributed by atoms with van der Waals surface area (Å²) in [5.74, 6) is -2.43. The number of rotatable bonds is 8. The highest BCUT2D eigenvalue weighted by atomic mass is 19.3. The number of aromatic nitrogens is 3. The first-order chi connectivity index (χ1) is 17.8. The average Bonchev–Trinajstić information content (AvgIpc) is 3.63. The van der Waals surface area contributed by atoms with Gasteiger partial charge in [0.15, 0.2) is 0 Å². The fraction of sp³-hybridized carbons (Fsp3) is 0.462. The van der Waals surface area contributed by atoms with Crippen LogP contribution < -0.4 is 10.6 Å². The molecular weight excluding hydrogens is 484 g/mol. The molecule has 11 heteroatoms. The van der Waals surface area contributed by atoms with Crippen LogP contribution >= 0.6 is 0 Å². The molecule has 196 valence electrons. The molecule has 2 aliphatic rings. The maximum absolute atomic E-state index is 13.7. The summed E-state index contributed by atoms with van der Waals surface area (Å²) >= 11 is 0. The van der Waals surface area contributed by atoms with Crippen LogP contribution in [-0.4, -0.2) is 37.6 Å². The van der Waals surface area contributed by atoms with E-state index in [2.05, 4.69) is 20.6 Å². The van der Waals surface area contributed by atoms with Crippen molar-refractivity contribution in [2.24, 2.45) is 11.8 Å². The van der Waals surface area contributed by atoms with Crippen LogP contribution in [0.25, 0.3) is 5.78 Å². The van der Waals surface area contributed by atoms with E-state index >= 15 is 0 Å². The number of halogens is 2. The van der Waals surface area contributed by atoms with Gasteiger partial charge in [0.1, 0.15) is 6.61 Å². The predicted octanol–water partition coefficient (Wildman–Crippen LogP) is 5.24. The maximum Gasteiger partial charge on any atom is 0.408 e. The van der Waals surface area contributed by atoms with Crippen LogP contribution in [-0.2, 0) is 11.3 Å². The molecule has 2 fully saturated rings. The number of fused-ring (bicyclic) bond motifs is 1. The second-order valence-corrected chi connectivity index (χ2v) is 9.87. The fourth-order valence-electron chi connectivity index (χ4n) is 4.94. The highest BCUT2D eigenvalue weighted by Gasteiger charge is 2.39. The average molecular weight is 514 g/mol. The zero-order valence-corrected chi connectivity index (χ0v) is 20.1. The van der Waals surface area contributed by atoms with Gasteiger partial charge in [0.05, 0.1) is 23.5 Å². The number of alkyl carbamates (subject to hydrolysis) is 1. The van der Waals surface area contributed by atoms with Gasteiger partial charge in [-0.1, -0.05) is 30.3 Å². The van der Waals surface area contributed by atoms with Gasteiger partial charge in [-0.15, -0.1) is 0 Å². The Kier molecular flexibility index (Phi) is 6.94. The van der Waals surface area contributed by atoms with E-state index in [-0.39, 0.29) is 50.2 Å². The topological polar surface area (TPSA) is 118 Å². The molecular formula is C26H29F2N5O4. The van der Waals surface area contributed by atoms with Crippen LogP contribution in [0.5, 0.6) is 0 Å². The summed E-state index contributed by atoms with van der Waals surface area (Å²) in [6, 6.07) is 10.1. The van der Waals surface area contributed by atoms with E-state index in [4.69, 9.17) is 4.74 Å². The molecule has 0 saturated heterocycles. The third kappa shape index (κ3) is 6.15. The predicted molar refractivity (Wildman–Crippen MR) is 129 cm³/mol. The molecule has 0 spiro atoms. The minimum Gasteiger partial charge on any atom is -0.465 e. The molecule has 1 aromatic carbocycles. The second kappa shape index (κ2) is 10.3. The number of nitrogens with zero attached hydrogens (tertiary/aromatic N) is 3. The monoisotopic (exact) mass is 513 g/mol. The van der Waals surface area contributed by atoms with Gasteiger partial charge in [-0.2, -0.15) is 0 Å². The van der Waals surface area contributed by atoms with Crippen molar-refractivity contribution in [2.75, 3.05) is 0 Å². The number of hydrogen-bond acceptors (Lipinski definition) is 5. The van der Waals surface area contributed by atoms with Crippen molar-refractivity contribution in [1.29, 1.82) is 0 Å². The number of imidazole rings is 1. The van der Waals surface area contributed by atoms with Gasteiger partial charge < -0.3 is 20.5 Å². The van der Waals surface area contributed by atoms with Gasteiger partial charge >= 0.3 is 12.2 Å². The van der Waals surface area contributed by atoms with Crippen molar-refractivity contribution in [3.05, 3.63) is 65.7 Å². The first-order valence-electron chi connectivity index (χ1n) is 12.5. The third-order valence-corrected chi connectivity index (χ3v) is 7.10. The SMILES string of the molecule is O=C(O)N[C@H](c1cn2ccc(C(NC(=O)OCc3ccccc3)C3CC3)nc2n1)C1CCC(F)(F)CC1. The van der Waals surface area contributed by atoms with Crippen LogP contribution in [0.2, 0.25) is 0 Å². The zero-order chi connectivity index (χ0) is 26.0. The zero-order valence-electron chi connectivity index (χ0n) is 20.1. The number of benzene rings is 1. The first kappa shape index (κ1) is 24.9. The Morgan fingerprint density at radius 1 is 1.00 bits per heavy atom. The molecule has 5 rings (SSSR count). The Morgan fingerprint density at radius 3 is 2.32 bits per heavy atom. The summed E-state index contributed by atoms with van der Waals surface area (Å²) in [5.41, 5.74) is 1.95. The molecule has 0 bridgehead atoms. The van der Waals surface area contributed by atoms with E-state index in [0.717, 1.165) is 18.4 Å². The molecule has 2 atom stereocenters. The van der Waals surface area contributed by atoms with Gasteiger partial charge in [-0.25, -0.2) is 28.3 Å². The van der Waals surface area contributed by atoms with Crippen LogP contribution in [0, 0.1) is 11.8 Å². The lowest BCUT2D eigenvalue weighted by Crippen LogP contribution is -2.36. The lowest BCUT2D eigenvalue weighted by atomic mass is 9.81. The number of hydrogen-bond donors (Lipinski definition) is 3. The second-order valence-electron chi connectivity index (χ2n) is 9.87. The Labute approximate surface area is 212 Å². The Hall–Kier alpha value is -3.76. The number of carbonyl (C=O) groups is 2.